The summed E-state index contributed by atoms with van der Waals surface area (Å²) in [4.78, 5) is 13.3. The Kier molecular flexibility index (Phi) is 4.84. The lowest BCUT2D eigenvalue weighted by atomic mass is 9.71. The highest BCUT2D eigenvalue weighted by Crippen LogP contribution is 2.60. The predicted molar refractivity (Wildman–Crippen MR) is 98.3 cm³/mol. The first-order valence-electron chi connectivity index (χ1n) is 8.77. The van der Waals surface area contributed by atoms with Crippen LogP contribution < -0.4 is 9.47 Å². The molecule has 0 aromatic heterocycles. The fourth-order valence-corrected chi connectivity index (χ4v) is 4.71. The van der Waals surface area contributed by atoms with Gasteiger partial charge in [-0.2, -0.15) is 0 Å². The van der Waals surface area contributed by atoms with Crippen LogP contribution in [0.3, 0.4) is 0 Å². The van der Waals surface area contributed by atoms with Gasteiger partial charge in [0.05, 0.1) is 32.7 Å². The molecular weight excluding hydrogens is 332 g/mol. The van der Waals surface area contributed by atoms with E-state index < -0.39 is 17.4 Å². The van der Waals surface area contributed by atoms with Gasteiger partial charge >= 0.3 is 0 Å². The summed E-state index contributed by atoms with van der Waals surface area (Å²) >= 11 is 0. The van der Waals surface area contributed by atoms with Crippen molar-refractivity contribution in [2.45, 2.75) is 25.4 Å². The summed E-state index contributed by atoms with van der Waals surface area (Å²) in [6.07, 6.45) is 3.15. The van der Waals surface area contributed by atoms with E-state index >= 15 is 0 Å². The predicted octanol–water partition coefficient (Wildman–Crippen LogP) is 3.09. The van der Waals surface area contributed by atoms with Crippen LogP contribution in [0.25, 0.3) is 0 Å². The minimum absolute atomic E-state index is 0.0154. The Morgan fingerprint density at radius 3 is 2.42 bits per heavy atom. The van der Waals surface area contributed by atoms with Crippen LogP contribution in [-0.4, -0.2) is 38.3 Å². The number of methoxy groups -OCH3 is 3. The van der Waals surface area contributed by atoms with Crippen LogP contribution in [-0.2, 0) is 9.53 Å². The lowest BCUT2D eigenvalue weighted by Crippen LogP contribution is -2.40. The van der Waals surface area contributed by atoms with Gasteiger partial charge in [-0.3, -0.25) is 4.79 Å². The van der Waals surface area contributed by atoms with Gasteiger partial charge in [0.2, 0.25) is 0 Å². The van der Waals surface area contributed by atoms with Crippen LogP contribution in [0.5, 0.6) is 11.5 Å². The standard InChI is InChI=1S/C21H26O5/c1-6-9-21-11-16(26-5)19(22)18(20(21)23)17(12(21)2)13-7-8-14(24-3)15(10-13)25-4/h6-8,10-12,17-19,22H,1,9H2,2-5H3/t12-,17+,18-,19-,21-/m0/s1. The van der Waals surface area contributed by atoms with Gasteiger partial charge in [0, 0.05) is 5.92 Å². The van der Waals surface area contributed by atoms with Gasteiger partial charge in [0.25, 0.3) is 0 Å². The van der Waals surface area contributed by atoms with Crippen molar-refractivity contribution in [3.05, 3.63) is 48.3 Å². The Labute approximate surface area is 154 Å². The molecule has 5 heteroatoms. The summed E-state index contributed by atoms with van der Waals surface area (Å²) in [5.41, 5.74) is 0.249. The van der Waals surface area contributed by atoms with Gasteiger partial charge in [0.1, 0.15) is 17.6 Å². The topological polar surface area (TPSA) is 65.0 Å². The lowest BCUT2D eigenvalue weighted by molar-refractivity contribution is -0.132. The molecule has 26 heavy (non-hydrogen) atoms. The van der Waals surface area contributed by atoms with E-state index in [9.17, 15) is 9.90 Å². The number of rotatable bonds is 6. The van der Waals surface area contributed by atoms with Crippen LogP contribution >= 0.6 is 0 Å². The van der Waals surface area contributed by atoms with Crippen molar-refractivity contribution in [3.8, 4) is 11.5 Å². The molecule has 1 N–H and O–H groups in total. The molecule has 5 atom stereocenters. The molecule has 2 aliphatic rings. The number of ether oxygens (including phenoxy) is 3. The molecule has 1 aromatic rings. The quantitative estimate of drug-likeness (QED) is 0.792. The Morgan fingerprint density at radius 2 is 1.85 bits per heavy atom. The van der Waals surface area contributed by atoms with Gasteiger partial charge in [0.15, 0.2) is 11.5 Å². The van der Waals surface area contributed by atoms with E-state index in [0.717, 1.165) is 5.56 Å². The van der Waals surface area contributed by atoms with Crippen LogP contribution in [0.15, 0.2) is 42.7 Å². The molecule has 0 heterocycles. The van der Waals surface area contributed by atoms with E-state index in [1.807, 2.05) is 24.3 Å². The third kappa shape index (κ3) is 2.45. The van der Waals surface area contributed by atoms with E-state index in [4.69, 9.17) is 14.2 Å². The molecule has 140 valence electrons. The monoisotopic (exact) mass is 358 g/mol. The van der Waals surface area contributed by atoms with Crippen molar-refractivity contribution in [1.29, 1.82) is 0 Å². The third-order valence-electron chi connectivity index (χ3n) is 6.04. The first-order chi connectivity index (χ1) is 12.4. The smallest absolute Gasteiger partial charge is 0.160 e. The van der Waals surface area contributed by atoms with Crippen LogP contribution in [0.4, 0.5) is 0 Å². The second kappa shape index (κ2) is 6.80. The average Bonchev–Trinajstić information content (AvgIpc) is 2.80. The second-order valence-corrected chi connectivity index (χ2v) is 7.05. The minimum atomic E-state index is -0.950. The number of carbonyl (C=O) groups excluding carboxylic acids is 1. The van der Waals surface area contributed by atoms with Gasteiger partial charge in [-0.1, -0.05) is 19.1 Å². The molecule has 0 unspecified atom stereocenters. The number of fused-ring (bicyclic) bond motifs is 2. The maximum atomic E-state index is 13.3. The molecule has 2 aliphatic carbocycles. The molecule has 0 radical (unpaired) electrons. The molecule has 1 aromatic carbocycles. The zero-order valence-corrected chi connectivity index (χ0v) is 15.7. The van der Waals surface area contributed by atoms with Crippen molar-refractivity contribution < 1.29 is 24.1 Å². The fraction of sp³-hybridized carbons (Fsp3) is 0.476. The minimum Gasteiger partial charge on any atom is -0.499 e. The van der Waals surface area contributed by atoms with Crippen LogP contribution in [0.1, 0.15) is 24.8 Å². The molecule has 0 saturated heterocycles. The SMILES string of the molecule is C=CC[C@@]12C=C(OC)[C@H](O)[C@@H](C1=O)[C@@H](c1ccc(OC)c(OC)c1)[C@@H]2C. The molecule has 0 spiro atoms. The molecule has 1 fully saturated rings. The number of aliphatic hydroxyl groups excluding tert-OH is 1. The molecule has 1 saturated carbocycles. The summed E-state index contributed by atoms with van der Waals surface area (Å²) < 4.78 is 16.1. The van der Waals surface area contributed by atoms with Crippen LogP contribution in [0, 0.1) is 17.3 Å². The highest BCUT2D eigenvalue weighted by molar-refractivity contribution is 5.95. The van der Waals surface area contributed by atoms with E-state index in [1.54, 1.807) is 20.3 Å². The molecular formula is C21H26O5. The van der Waals surface area contributed by atoms with E-state index in [2.05, 4.69) is 13.5 Å². The third-order valence-corrected chi connectivity index (χ3v) is 6.04. The van der Waals surface area contributed by atoms with Crippen LogP contribution in [0.2, 0.25) is 0 Å². The zero-order valence-electron chi connectivity index (χ0n) is 15.7. The summed E-state index contributed by atoms with van der Waals surface area (Å²) in [5.74, 6) is 1.04. The Hall–Kier alpha value is -2.27. The number of ketones is 1. The second-order valence-electron chi connectivity index (χ2n) is 7.05. The van der Waals surface area contributed by atoms with E-state index in [-0.39, 0.29) is 17.6 Å². The number of aliphatic hydroxyl groups is 1. The van der Waals surface area contributed by atoms with Gasteiger partial charge in [-0.15, -0.1) is 6.58 Å². The Bertz CT molecular complexity index is 753. The van der Waals surface area contributed by atoms with Gasteiger partial charge in [-0.05, 0) is 36.1 Å². The normalized spacial score (nSPS) is 32.8. The molecule has 3 rings (SSSR count). The number of benzene rings is 1. The van der Waals surface area contributed by atoms with Gasteiger partial charge < -0.3 is 19.3 Å². The van der Waals surface area contributed by atoms with Crippen molar-refractivity contribution in [2.75, 3.05) is 21.3 Å². The van der Waals surface area contributed by atoms with E-state index in [0.29, 0.717) is 23.7 Å². The number of carbonyl (C=O) groups is 1. The molecule has 5 nitrogen and oxygen atoms in total. The fourth-order valence-electron chi connectivity index (χ4n) is 4.71. The van der Waals surface area contributed by atoms with Crippen molar-refractivity contribution in [3.63, 3.8) is 0 Å². The van der Waals surface area contributed by atoms with E-state index in [1.165, 1.54) is 7.11 Å². The summed E-state index contributed by atoms with van der Waals surface area (Å²) in [5, 5.41) is 10.8. The maximum absolute atomic E-state index is 13.3. The lowest BCUT2D eigenvalue weighted by Gasteiger charge is -2.33. The zero-order chi connectivity index (χ0) is 19.1. The first-order valence-corrected chi connectivity index (χ1v) is 8.77. The summed E-state index contributed by atoms with van der Waals surface area (Å²) in [6.45, 7) is 5.89. The van der Waals surface area contributed by atoms with Crippen molar-refractivity contribution >= 4 is 5.78 Å². The molecule has 0 aliphatic heterocycles. The maximum Gasteiger partial charge on any atom is 0.160 e. The molecule has 2 bridgehead atoms. The van der Waals surface area contributed by atoms with Gasteiger partial charge in [-0.25, -0.2) is 0 Å². The summed E-state index contributed by atoms with van der Waals surface area (Å²) in [6, 6.07) is 5.68. The Morgan fingerprint density at radius 1 is 1.15 bits per heavy atom. The molecule has 0 amide bonds. The van der Waals surface area contributed by atoms with Crippen molar-refractivity contribution in [1.82, 2.24) is 0 Å². The average molecular weight is 358 g/mol. The number of Topliss-reactive ketones (excluding diaryl/α,β-unsaturated/α-hetero) is 1. The largest absolute Gasteiger partial charge is 0.499 e. The Balaban J connectivity index is 2.13. The number of hydrogen-bond acceptors (Lipinski definition) is 5. The highest BCUT2D eigenvalue weighted by Gasteiger charge is 2.62. The summed E-state index contributed by atoms with van der Waals surface area (Å²) in [7, 11) is 4.70. The number of allylic oxidation sites excluding steroid dienone is 2. The highest BCUT2D eigenvalue weighted by atomic mass is 16.5. The number of hydrogen-bond donors (Lipinski definition) is 1. The van der Waals surface area contributed by atoms with Crippen molar-refractivity contribution in [2.24, 2.45) is 17.3 Å². The first kappa shape index (κ1) is 18.5.